The maximum absolute atomic E-state index is 10.1. The molecule has 0 aromatic rings. The predicted molar refractivity (Wildman–Crippen MR) is 208 cm³/mol. The minimum absolute atomic E-state index is 0. The van der Waals surface area contributed by atoms with Crippen molar-refractivity contribution in [2.45, 2.75) is 213 Å². The van der Waals surface area contributed by atoms with Gasteiger partial charge in [-0.3, -0.25) is 12.5 Å². The second-order valence-electron chi connectivity index (χ2n) is 13.2. The number of unbranched alkanes of at least 4 members (excludes halogenated alkanes) is 27. The van der Waals surface area contributed by atoms with Crippen molar-refractivity contribution < 1.29 is 51.5 Å². The van der Waals surface area contributed by atoms with Gasteiger partial charge in [-0.15, -0.1) is 0 Å². The predicted octanol–water partition coefficient (Wildman–Crippen LogP) is 9.77. The van der Waals surface area contributed by atoms with E-state index in [1.165, 1.54) is 135 Å². The fourth-order valence-corrected chi connectivity index (χ4v) is 6.22. The summed E-state index contributed by atoms with van der Waals surface area (Å²) in [5, 5.41) is 0. The van der Waals surface area contributed by atoms with E-state index in [9.17, 15) is 38.9 Å². The summed E-state index contributed by atoms with van der Waals surface area (Å²) >= 11 is 0. The summed E-state index contributed by atoms with van der Waals surface area (Å²) in [4.78, 5) is 0. The molecule has 0 saturated heterocycles. The Balaban J connectivity index is -0.000000329. The van der Waals surface area contributed by atoms with Crippen molar-refractivity contribution in [3.05, 3.63) is 0 Å². The molecule has 0 fully saturated rings. The molecule has 0 atom stereocenters. The summed E-state index contributed by atoms with van der Waals surface area (Å²) in [5.74, 6) is 0. The SMILES string of the molecule is CCCCCCCCCCCCOS(=O)(=O)[O-].CCCCCCCCCCCCOS(=O)(=O)[O-].CCCCCCCCCCCCOS(=O)(=O)[O-].[Ga+3]. The molecule has 12 nitrogen and oxygen atoms in total. The van der Waals surface area contributed by atoms with Gasteiger partial charge in [-0.2, -0.15) is 0 Å². The van der Waals surface area contributed by atoms with Gasteiger partial charge in [0.05, 0.1) is 19.8 Å². The molecule has 0 aliphatic heterocycles. The molecule has 0 spiro atoms. The first kappa shape index (κ1) is 58.9. The molecule has 0 N–H and O–H groups in total. The summed E-state index contributed by atoms with van der Waals surface area (Å²) in [6.07, 6.45) is 35.1. The van der Waals surface area contributed by atoms with Crippen LogP contribution in [0.5, 0.6) is 0 Å². The molecular weight excluding hydrogens is 790 g/mol. The Morgan fingerprint density at radius 2 is 0.423 bits per heavy atom. The van der Waals surface area contributed by atoms with Crippen molar-refractivity contribution in [1.82, 2.24) is 0 Å². The van der Waals surface area contributed by atoms with Gasteiger partial charge in [-0.1, -0.05) is 194 Å². The molecule has 312 valence electrons. The average Bonchev–Trinajstić information content (AvgIpc) is 3.04. The van der Waals surface area contributed by atoms with E-state index in [-0.39, 0.29) is 39.6 Å². The largest absolute Gasteiger partial charge is 3.00 e. The maximum Gasteiger partial charge on any atom is 3.00 e. The molecule has 0 aromatic heterocycles. The monoisotopic (exact) mass is 864 g/mol. The topological polar surface area (TPSA) is 199 Å². The third-order valence-corrected chi connectivity index (χ3v) is 9.54. The normalized spacial score (nSPS) is 11.7. The van der Waals surface area contributed by atoms with Crippen molar-refractivity contribution in [2.75, 3.05) is 19.8 Å². The van der Waals surface area contributed by atoms with Crippen LogP contribution in [0.3, 0.4) is 0 Å². The van der Waals surface area contributed by atoms with Gasteiger partial charge < -0.3 is 13.7 Å². The standard InChI is InChI=1S/3C12H26O4S.Ga/c3*1-2-3-4-5-6-7-8-9-10-11-12-16-17(13,14)15;/h3*2-12H2,1H3,(H,13,14,15);/q;;;+3/p-3. The third kappa shape index (κ3) is 68.3. The molecule has 0 radical (unpaired) electrons. The van der Waals surface area contributed by atoms with Crippen LogP contribution in [0.25, 0.3) is 0 Å². The Kier molecular flexibility index (Phi) is 49.8. The fourth-order valence-electron chi connectivity index (χ4n) is 5.25. The van der Waals surface area contributed by atoms with Gasteiger partial charge >= 0.3 is 19.8 Å². The molecule has 0 heterocycles. The van der Waals surface area contributed by atoms with E-state index in [2.05, 4.69) is 33.3 Å². The van der Waals surface area contributed by atoms with Crippen LogP contribution in [0.2, 0.25) is 0 Å². The van der Waals surface area contributed by atoms with E-state index >= 15 is 0 Å². The van der Waals surface area contributed by atoms with Crippen LogP contribution >= 0.6 is 0 Å². The molecule has 16 heteroatoms. The molecule has 0 unspecified atom stereocenters. The van der Waals surface area contributed by atoms with Gasteiger partial charge in [0.15, 0.2) is 0 Å². The van der Waals surface area contributed by atoms with Gasteiger partial charge in [-0.25, -0.2) is 25.3 Å². The maximum atomic E-state index is 10.1. The van der Waals surface area contributed by atoms with E-state index < -0.39 is 31.2 Å². The van der Waals surface area contributed by atoms with Crippen molar-refractivity contribution >= 4 is 51.0 Å². The first-order valence-electron chi connectivity index (χ1n) is 20.0. The van der Waals surface area contributed by atoms with E-state index in [0.717, 1.165) is 38.5 Å². The second kappa shape index (κ2) is 44.0. The molecule has 0 aliphatic rings. The van der Waals surface area contributed by atoms with Crippen LogP contribution in [-0.2, 0) is 43.7 Å². The first-order chi connectivity index (χ1) is 24.2. The second-order valence-corrected chi connectivity index (χ2v) is 16.4. The molecule has 0 rings (SSSR count). The van der Waals surface area contributed by atoms with Crippen LogP contribution in [0.4, 0.5) is 0 Å². The fraction of sp³-hybridized carbons (Fsp3) is 1.00. The zero-order chi connectivity index (χ0) is 39.0. The Morgan fingerprint density at radius 1 is 0.288 bits per heavy atom. The Labute approximate surface area is 334 Å². The molecular formula is C36H75GaO12S3. The average molecular weight is 866 g/mol. The van der Waals surface area contributed by atoms with Crippen LogP contribution < -0.4 is 0 Å². The zero-order valence-corrected chi connectivity index (χ0v) is 37.9. The minimum Gasteiger partial charge on any atom is -0.726 e. The smallest absolute Gasteiger partial charge is 0.726 e. The molecule has 0 aromatic carbocycles. The van der Waals surface area contributed by atoms with Crippen molar-refractivity contribution in [3.63, 3.8) is 0 Å². The molecule has 52 heavy (non-hydrogen) atoms. The van der Waals surface area contributed by atoms with Crippen LogP contribution in [0.1, 0.15) is 213 Å². The van der Waals surface area contributed by atoms with E-state index in [4.69, 9.17) is 0 Å². The van der Waals surface area contributed by atoms with Crippen LogP contribution in [0, 0.1) is 0 Å². The number of hydrogen-bond donors (Lipinski definition) is 0. The van der Waals surface area contributed by atoms with E-state index in [0.29, 0.717) is 19.3 Å². The van der Waals surface area contributed by atoms with E-state index in [1.807, 2.05) is 0 Å². The van der Waals surface area contributed by atoms with Crippen molar-refractivity contribution in [3.8, 4) is 0 Å². The third-order valence-electron chi connectivity index (χ3n) is 8.18. The Hall–Kier alpha value is 0.246. The summed E-state index contributed by atoms with van der Waals surface area (Å²) in [7, 11) is -13.5. The summed E-state index contributed by atoms with van der Waals surface area (Å²) < 4.78 is 103. The van der Waals surface area contributed by atoms with Gasteiger partial charge in [0, 0.05) is 0 Å². The quantitative estimate of drug-likeness (QED) is 0.0250. The van der Waals surface area contributed by atoms with Crippen LogP contribution in [-0.4, -0.2) is 78.5 Å². The van der Waals surface area contributed by atoms with Gasteiger partial charge in [-0.05, 0) is 19.3 Å². The van der Waals surface area contributed by atoms with Gasteiger partial charge in [0.1, 0.15) is 0 Å². The van der Waals surface area contributed by atoms with E-state index in [1.54, 1.807) is 0 Å². The Morgan fingerprint density at radius 3 is 0.558 bits per heavy atom. The van der Waals surface area contributed by atoms with Crippen LogP contribution in [0.15, 0.2) is 0 Å². The van der Waals surface area contributed by atoms with Gasteiger partial charge in [0.25, 0.3) is 0 Å². The van der Waals surface area contributed by atoms with Crippen molar-refractivity contribution in [2.24, 2.45) is 0 Å². The number of rotatable bonds is 36. The minimum atomic E-state index is -4.48. The number of hydrogen-bond acceptors (Lipinski definition) is 12. The van der Waals surface area contributed by atoms with Gasteiger partial charge in [0.2, 0.25) is 31.2 Å². The molecule has 0 saturated carbocycles. The molecule has 0 bridgehead atoms. The summed E-state index contributed by atoms with van der Waals surface area (Å²) in [6.45, 7) is 6.73. The molecule has 0 aliphatic carbocycles. The summed E-state index contributed by atoms with van der Waals surface area (Å²) in [6, 6.07) is 0. The van der Waals surface area contributed by atoms with Crippen molar-refractivity contribution in [1.29, 1.82) is 0 Å². The first-order valence-corrected chi connectivity index (χ1v) is 24.0. The summed E-state index contributed by atoms with van der Waals surface area (Å²) in [5.41, 5.74) is 0. The zero-order valence-electron chi connectivity index (χ0n) is 33.0. The Bertz CT molecular complexity index is 883. The molecule has 0 amide bonds.